The van der Waals surface area contributed by atoms with Crippen LogP contribution in [0.3, 0.4) is 0 Å². The monoisotopic (exact) mass is 200 g/mol. The molecule has 0 aromatic rings. The van der Waals surface area contributed by atoms with Gasteiger partial charge in [0.05, 0.1) is 0 Å². The van der Waals surface area contributed by atoms with Gasteiger partial charge in [-0.1, -0.05) is 0 Å². The molecule has 0 radical (unpaired) electrons. The van der Waals surface area contributed by atoms with Crippen LogP contribution < -0.4 is 5.32 Å². The van der Waals surface area contributed by atoms with Crippen molar-refractivity contribution in [3.63, 3.8) is 0 Å². The molecule has 0 saturated carbocycles. The molecule has 0 spiro atoms. The topological polar surface area (TPSA) is 52.6 Å². The minimum atomic E-state index is -0.920. The molecule has 0 saturated heterocycles. The molecule has 0 fully saturated rings. The Bertz CT molecular complexity index is 191. The predicted molar refractivity (Wildman–Crippen MR) is 57.2 cm³/mol. The van der Waals surface area contributed by atoms with Crippen molar-refractivity contribution in [1.29, 1.82) is 0 Å². The van der Waals surface area contributed by atoms with Gasteiger partial charge in [0.15, 0.2) is 0 Å². The molecular weight excluding hydrogens is 180 g/mol. The summed E-state index contributed by atoms with van der Waals surface area (Å²) in [7, 11) is 2.08. The van der Waals surface area contributed by atoms with Crippen molar-refractivity contribution in [2.75, 3.05) is 20.1 Å². The molecule has 0 aliphatic rings. The summed E-state index contributed by atoms with van der Waals surface area (Å²) in [5.41, 5.74) is 0. The quantitative estimate of drug-likeness (QED) is 0.473. The molecule has 0 aromatic carbocycles. The molecule has 0 aliphatic carbocycles. The van der Waals surface area contributed by atoms with Gasteiger partial charge in [-0.05, 0) is 33.9 Å². The van der Waals surface area contributed by atoms with Gasteiger partial charge < -0.3 is 15.3 Å². The van der Waals surface area contributed by atoms with Gasteiger partial charge >= 0.3 is 5.97 Å². The SMILES string of the molecule is CC(C)N(C)CCCN/C=C/C(=O)O. The fourth-order valence-electron chi connectivity index (χ4n) is 0.902. The van der Waals surface area contributed by atoms with E-state index < -0.39 is 5.97 Å². The van der Waals surface area contributed by atoms with Crippen LogP contribution in [-0.2, 0) is 4.79 Å². The molecule has 14 heavy (non-hydrogen) atoms. The van der Waals surface area contributed by atoms with Crippen LogP contribution in [-0.4, -0.2) is 42.2 Å². The average molecular weight is 200 g/mol. The van der Waals surface area contributed by atoms with Crippen molar-refractivity contribution < 1.29 is 9.90 Å². The van der Waals surface area contributed by atoms with E-state index in [-0.39, 0.29) is 0 Å². The molecule has 0 amide bonds. The maximum absolute atomic E-state index is 10.1. The molecule has 0 aliphatic heterocycles. The lowest BCUT2D eigenvalue weighted by molar-refractivity contribution is -0.131. The van der Waals surface area contributed by atoms with E-state index in [0.717, 1.165) is 25.6 Å². The summed E-state index contributed by atoms with van der Waals surface area (Å²) in [6, 6.07) is 0.560. The fourth-order valence-corrected chi connectivity index (χ4v) is 0.902. The Morgan fingerprint density at radius 2 is 2.21 bits per heavy atom. The largest absolute Gasteiger partial charge is 0.478 e. The molecule has 2 N–H and O–H groups in total. The third-order valence-electron chi connectivity index (χ3n) is 2.06. The summed E-state index contributed by atoms with van der Waals surface area (Å²) in [5.74, 6) is -0.920. The van der Waals surface area contributed by atoms with Crippen molar-refractivity contribution in [2.24, 2.45) is 0 Å². The van der Waals surface area contributed by atoms with E-state index in [0.29, 0.717) is 6.04 Å². The second kappa shape index (κ2) is 7.38. The van der Waals surface area contributed by atoms with Crippen LogP contribution in [0.5, 0.6) is 0 Å². The van der Waals surface area contributed by atoms with Gasteiger partial charge in [-0.25, -0.2) is 4.79 Å². The van der Waals surface area contributed by atoms with Gasteiger partial charge in [0.25, 0.3) is 0 Å². The van der Waals surface area contributed by atoms with E-state index in [4.69, 9.17) is 5.11 Å². The Balaban J connectivity index is 3.34. The molecule has 82 valence electrons. The summed E-state index contributed by atoms with van der Waals surface area (Å²) in [5, 5.41) is 11.2. The third-order valence-corrected chi connectivity index (χ3v) is 2.06. The minimum absolute atomic E-state index is 0.560. The summed E-state index contributed by atoms with van der Waals surface area (Å²) in [6.45, 7) is 6.13. The number of carboxylic acid groups (broad SMARTS) is 1. The third kappa shape index (κ3) is 7.61. The predicted octanol–water partition coefficient (Wildman–Crippen LogP) is 0.905. The van der Waals surface area contributed by atoms with Crippen LogP contribution in [0.4, 0.5) is 0 Å². The first kappa shape index (κ1) is 13.0. The van der Waals surface area contributed by atoms with Gasteiger partial charge in [-0.2, -0.15) is 0 Å². The standard InChI is InChI=1S/C10H20N2O2/c1-9(2)12(3)8-4-6-11-7-5-10(13)14/h5,7,9,11H,4,6,8H2,1-3H3,(H,13,14)/b7-5+. The van der Waals surface area contributed by atoms with Crippen LogP contribution in [0.15, 0.2) is 12.3 Å². The van der Waals surface area contributed by atoms with Crippen LogP contribution >= 0.6 is 0 Å². The molecule has 0 atom stereocenters. The number of rotatable bonds is 7. The van der Waals surface area contributed by atoms with Crippen LogP contribution in [0.25, 0.3) is 0 Å². The highest BCUT2D eigenvalue weighted by Crippen LogP contribution is 1.93. The van der Waals surface area contributed by atoms with Crippen LogP contribution in [0.1, 0.15) is 20.3 Å². The second-order valence-corrected chi connectivity index (χ2v) is 3.55. The summed E-state index contributed by atoms with van der Waals surface area (Å²) >= 11 is 0. The van der Waals surface area contributed by atoms with Crippen molar-refractivity contribution in [3.05, 3.63) is 12.3 Å². The second-order valence-electron chi connectivity index (χ2n) is 3.55. The normalized spacial score (nSPS) is 11.5. The summed E-state index contributed by atoms with van der Waals surface area (Å²) < 4.78 is 0. The lowest BCUT2D eigenvalue weighted by Crippen LogP contribution is -2.28. The van der Waals surface area contributed by atoms with E-state index >= 15 is 0 Å². The fraction of sp³-hybridized carbons (Fsp3) is 0.700. The zero-order chi connectivity index (χ0) is 11.0. The smallest absolute Gasteiger partial charge is 0.329 e. The zero-order valence-corrected chi connectivity index (χ0v) is 9.16. The Morgan fingerprint density at radius 1 is 1.57 bits per heavy atom. The van der Waals surface area contributed by atoms with Gasteiger partial charge in [0.1, 0.15) is 0 Å². The Labute approximate surface area is 85.6 Å². The number of carbonyl (C=O) groups is 1. The van der Waals surface area contributed by atoms with Crippen LogP contribution in [0, 0.1) is 0 Å². The van der Waals surface area contributed by atoms with Crippen molar-refractivity contribution in [1.82, 2.24) is 10.2 Å². The molecular formula is C10H20N2O2. The average Bonchev–Trinajstić information content (AvgIpc) is 2.09. The molecule has 4 heteroatoms. The molecule has 0 unspecified atom stereocenters. The van der Waals surface area contributed by atoms with E-state index in [1.54, 1.807) is 0 Å². The molecule has 0 heterocycles. The van der Waals surface area contributed by atoms with Crippen LogP contribution in [0.2, 0.25) is 0 Å². The first-order valence-electron chi connectivity index (χ1n) is 4.87. The number of nitrogens with zero attached hydrogens (tertiary/aromatic N) is 1. The van der Waals surface area contributed by atoms with Crippen molar-refractivity contribution >= 4 is 5.97 Å². The molecule has 0 rings (SSSR count). The van der Waals surface area contributed by atoms with E-state index in [1.165, 1.54) is 6.20 Å². The summed E-state index contributed by atoms with van der Waals surface area (Å²) in [4.78, 5) is 12.3. The number of nitrogens with one attached hydrogen (secondary N) is 1. The molecule has 0 aromatic heterocycles. The number of aliphatic carboxylic acids is 1. The van der Waals surface area contributed by atoms with Gasteiger partial charge in [-0.15, -0.1) is 0 Å². The number of hydrogen-bond donors (Lipinski definition) is 2. The lowest BCUT2D eigenvalue weighted by atomic mass is 10.3. The number of hydrogen-bond acceptors (Lipinski definition) is 3. The lowest BCUT2D eigenvalue weighted by Gasteiger charge is -2.20. The maximum Gasteiger partial charge on any atom is 0.329 e. The van der Waals surface area contributed by atoms with Gasteiger partial charge in [-0.3, -0.25) is 0 Å². The highest BCUT2D eigenvalue weighted by molar-refractivity contribution is 5.79. The first-order chi connectivity index (χ1) is 6.54. The first-order valence-corrected chi connectivity index (χ1v) is 4.87. The molecule has 0 bridgehead atoms. The number of carboxylic acids is 1. The Morgan fingerprint density at radius 3 is 2.71 bits per heavy atom. The van der Waals surface area contributed by atoms with Gasteiger partial charge in [0.2, 0.25) is 0 Å². The highest BCUT2D eigenvalue weighted by atomic mass is 16.4. The van der Waals surface area contributed by atoms with E-state index in [2.05, 4.69) is 31.1 Å². The van der Waals surface area contributed by atoms with Crippen molar-refractivity contribution in [2.45, 2.75) is 26.3 Å². The zero-order valence-electron chi connectivity index (χ0n) is 9.16. The van der Waals surface area contributed by atoms with E-state index in [1.807, 2.05) is 0 Å². The maximum atomic E-state index is 10.1. The minimum Gasteiger partial charge on any atom is -0.478 e. The Hall–Kier alpha value is -1.03. The van der Waals surface area contributed by atoms with E-state index in [9.17, 15) is 4.79 Å². The Kier molecular flexibility index (Phi) is 6.84. The summed E-state index contributed by atoms with van der Waals surface area (Å²) in [6.07, 6.45) is 3.59. The van der Waals surface area contributed by atoms with Crippen molar-refractivity contribution in [3.8, 4) is 0 Å². The highest BCUT2D eigenvalue weighted by Gasteiger charge is 2.00. The molecule has 4 nitrogen and oxygen atoms in total. The van der Waals surface area contributed by atoms with Gasteiger partial charge in [0, 0.05) is 24.9 Å².